The number of nitrogens with zero attached hydrogens (tertiary/aromatic N) is 1. The van der Waals surface area contributed by atoms with Gasteiger partial charge in [0.2, 0.25) is 14.9 Å². The summed E-state index contributed by atoms with van der Waals surface area (Å²) in [5.74, 6) is -0.174. The van der Waals surface area contributed by atoms with Crippen LogP contribution in [0.2, 0.25) is 0 Å². The van der Waals surface area contributed by atoms with E-state index in [1.54, 1.807) is 42.5 Å². The van der Waals surface area contributed by atoms with Gasteiger partial charge in [-0.2, -0.15) is 5.10 Å². The Labute approximate surface area is 134 Å². The maximum absolute atomic E-state index is 12.5. The van der Waals surface area contributed by atoms with Gasteiger partial charge in [-0.05, 0) is 24.3 Å². The first-order chi connectivity index (χ1) is 11.0. The van der Waals surface area contributed by atoms with Crippen LogP contribution in [-0.4, -0.2) is 26.4 Å². The van der Waals surface area contributed by atoms with Crippen LogP contribution in [0.3, 0.4) is 0 Å². The highest BCUT2D eigenvalue weighted by molar-refractivity contribution is 8.08. The van der Waals surface area contributed by atoms with Crippen molar-refractivity contribution in [2.75, 3.05) is 12.5 Å². The largest absolute Gasteiger partial charge is 0.495 e. The Morgan fingerprint density at radius 3 is 2.26 bits per heavy atom. The highest BCUT2D eigenvalue weighted by Crippen LogP contribution is 2.23. The number of sulfone groups is 1. The molecule has 0 spiro atoms. The van der Waals surface area contributed by atoms with Crippen molar-refractivity contribution in [3.8, 4) is 5.75 Å². The number of para-hydroxylation sites is 2. The Bertz CT molecular complexity index is 830. The van der Waals surface area contributed by atoms with Crippen molar-refractivity contribution < 1.29 is 17.9 Å². The molecule has 0 heterocycles. The van der Waals surface area contributed by atoms with Crippen LogP contribution in [0.25, 0.3) is 0 Å². The lowest BCUT2D eigenvalue weighted by Crippen LogP contribution is -2.24. The first-order valence-electron chi connectivity index (χ1n) is 6.74. The second-order valence-corrected chi connectivity index (χ2v) is 6.47. The van der Waals surface area contributed by atoms with E-state index in [4.69, 9.17) is 4.74 Å². The third-order valence-corrected chi connectivity index (χ3v) is 4.77. The monoisotopic (exact) mass is 332 g/mol. The zero-order valence-electron chi connectivity index (χ0n) is 12.7. The minimum atomic E-state index is -3.99. The number of anilines is 1. The molecule has 6 nitrogen and oxygen atoms in total. The average molecular weight is 332 g/mol. The molecule has 0 saturated heterocycles. The van der Waals surface area contributed by atoms with Crippen LogP contribution in [0.5, 0.6) is 5.75 Å². The molecular formula is C16H16N2O4S. The molecule has 0 amide bonds. The molecular weight excluding hydrogens is 316 g/mol. The van der Waals surface area contributed by atoms with Gasteiger partial charge in [0.1, 0.15) is 5.75 Å². The lowest BCUT2D eigenvalue weighted by molar-refractivity contribution is -0.110. The number of carbonyl (C=O) groups excluding carboxylic acids is 1. The lowest BCUT2D eigenvalue weighted by Gasteiger charge is -2.09. The van der Waals surface area contributed by atoms with Gasteiger partial charge in [0.15, 0.2) is 5.78 Å². The van der Waals surface area contributed by atoms with Gasteiger partial charge in [-0.25, -0.2) is 8.42 Å². The van der Waals surface area contributed by atoms with Gasteiger partial charge in [-0.1, -0.05) is 30.3 Å². The molecule has 0 atom stereocenters. The second-order valence-electron chi connectivity index (χ2n) is 4.60. The molecule has 0 radical (unpaired) electrons. The average Bonchev–Trinajstić information content (AvgIpc) is 2.55. The number of methoxy groups -OCH3 is 1. The summed E-state index contributed by atoms with van der Waals surface area (Å²) >= 11 is 0. The highest BCUT2D eigenvalue weighted by Gasteiger charge is 2.26. The summed E-state index contributed by atoms with van der Waals surface area (Å²) in [4.78, 5) is 11.8. The molecule has 23 heavy (non-hydrogen) atoms. The van der Waals surface area contributed by atoms with Gasteiger partial charge in [0.25, 0.3) is 0 Å². The fourth-order valence-corrected chi connectivity index (χ4v) is 3.17. The number of nitrogens with one attached hydrogen (secondary N) is 1. The summed E-state index contributed by atoms with van der Waals surface area (Å²) < 4.78 is 30.2. The molecule has 0 bridgehead atoms. The smallest absolute Gasteiger partial charge is 0.229 e. The van der Waals surface area contributed by atoms with Gasteiger partial charge in [0, 0.05) is 6.92 Å². The third-order valence-electron chi connectivity index (χ3n) is 2.99. The number of Topliss-reactive ketones (excluding diaryl/α,β-unsaturated/α-hetero) is 1. The normalized spacial score (nSPS) is 11.8. The Hall–Kier alpha value is -2.67. The Balaban J connectivity index is 2.41. The molecule has 2 aromatic rings. The van der Waals surface area contributed by atoms with E-state index in [9.17, 15) is 13.2 Å². The molecule has 2 aromatic carbocycles. The van der Waals surface area contributed by atoms with Crippen LogP contribution in [0.15, 0.2) is 64.6 Å². The van der Waals surface area contributed by atoms with Crippen LogP contribution in [0, 0.1) is 0 Å². The number of ketones is 1. The van der Waals surface area contributed by atoms with Gasteiger partial charge in [0.05, 0.1) is 17.7 Å². The first kappa shape index (κ1) is 16.7. The molecule has 2 rings (SSSR count). The maximum atomic E-state index is 12.5. The fraction of sp³-hybridized carbons (Fsp3) is 0.125. The molecule has 0 fully saturated rings. The summed E-state index contributed by atoms with van der Waals surface area (Å²) in [6.07, 6.45) is 0. The van der Waals surface area contributed by atoms with Gasteiger partial charge < -0.3 is 4.74 Å². The van der Waals surface area contributed by atoms with Crippen LogP contribution >= 0.6 is 0 Å². The van der Waals surface area contributed by atoms with Crippen molar-refractivity contribution in [1.29, 1.82) is 0 Å². The van der Waals surface area contributed by atoms with E-state index in [-0.39, 0.29) is 4.90 Å². The van der Waals surface area contributed by atoms with E-state index in [2.05, 4.69) is 10.5 Å². The summed E-state index contributed by atoms with van der Waals surface area (Å²) in [5.41, 5.74) is 3.04. The number of rotatable bonds is 5. The quantitative estimate of drug-likeness (QED) is 0.516. The minimum Gasteiger partial charge on any atom is -0.495 e. The van der Waals surface area contributed by atoms with Crippen LogP contribution in [0.1, 0.15) is 6.92 Å². The van der Waals surface area contributed by atoms with Crippen molar-refractivity contribution in [3.05, 3.63) is 54.6 Å². The van der Waals surface area contributed by atoms with E-state index in [1.165, 1.54) is 19.2 Å². The molecule has 0 saturated carbocycles. The topological polar surface area (TPSA) is 84.8 Å². The van der Waals surface area contributed by atoms with E-state index >= 15 is 0 Å². The first-order valence-corrected chi connectivity index (χ1v) is 8.23. The van der Waals surface area contributed by atoms with Crippen LogP contribution < -0.4 is 10.2 Å². The number of hydrogen-bond acceptors (Lipinski definition) is 6. The standard InChI is InChI=1S/C16H16N2O4S/c1-12(19)16(23(20,21)13-8-4-3-5-9-13)18-17-14-10-6-7-11-15(14)22-2/h3-11,17H,1-2H3/b18-16-. The predicted molar refractivity (Wildman–Crippen MR) is 88.4 cm³/mol. The maximum Gasteiger partial charge on any atom is 0.229 e. The predicted octanol–water partition coefficient (Wildman–Crippen LogP) is 2.48. The fourth-order valence-electron chi connectivity index (χ4n) is 1.89. The van der Waals surface area contributed by atoms with E-state index in [1.807, 2.05) is 0 Å². The Morgan fingerprint density at radius 2 is 1.65 bits per heavy atom. The van der Waals surface area contributed by atoms with Gasteiger partial charge in [-0.15, -0.1) is 0 Å². The van der Waals surface area contributed by atoms with Crippen molar-refractivity contribution in [2.45, 2.75) is 11.8 Å². The number of benzene rings is 2. The molecule has 120 valence electrons. The van der Waals surface area contributed by atoms with Crippen molar-refractivity contribution in [2.24, 2.45) is 5.10 Å². The molecule has 0 unspecified atom stereocenters. The van der Waals surface area contributed by atoms with Crippen LogP contribution in [0.4, 0.5) is 5.69 Å². The zero-order valence-corrected chi connectivity index (χ0v) is 13.5. The summed E-state index contributed by atoms with van der Waals surface area (Å²) in [5, 5.41) is 3.24. The molecule has 0 aliphatic rings. The van der Waals surface area contributed by atoms with Crippen molar-refractivity contribution in [3.63, 3.8) is 0 Å². The number of hydrazone groups is 1. The van der Waals surface area contributed by atoms with E-state index in [0.717, 1.165) is 6.92 Å². The summed E-state index contributed by atoms with van der Waals surface area (Å²) in [6, 6.07) is 14.5. The molecule has 0 aromatic heterocycles. The van der Waals surface area contributed by atoms with E-state index in [0.29, 0.717) is 11.4 Å². The Kier molecular flexibility index (Phi) is 5.13. The van der Waals surface area contributed by atoms with Gasteiger partial charge >= 0.3 is 0 Å². The number of ether oxygens (including phenoxy) is 1. The zero-order chi connectivity index (χ0) is 16.9. The summed E-state index contributed by atoms with van der Waals surface area (Å²) in [7, 11) is -2.51. The minimum absolute atomic E-state index is 0.00998. The SMILES string of the molecule is COc1ccccc1N/N=C(/C(C)=O)S(=O)(=O)c1ccccc1. The van der Waals surface area contributed by atoms with E-state index < -0.39 is 20.7 Å². The Morgan fingerprint density at radius 1 is 1.04 bits per heavy atom. The van der Waals surface area contributed by atoms with Gasteiger partial charge in [-0.3, -0.25) is 10.2 Å². The number of carbonyl (C=O) groups is 1. The molecule has 1 N–H and O–H groups in total. The molecule has 0 aliphatic carbocycles. The molecule has 7 heteroatoms. The summed E-state index contributed by atoms with van der Waals surface area (Å²) in [6.45, 7) is 1.16. The second kappa shape index (κ2) is 7.06. The van der Waals surface area contributed by atoms with Crippen LogP contribution in [-0.2, 0) is 14.6 Å². The number of hydrogen-bond donors (Lipinski definition) is 1. The van der Waals surface area contributed by atoms with Crippen molar-refractivity contribution >= 4 is 26.4 Å². The molecule has 0 aliphatic heterocycles. The lowest BCUT2D eigenvalue weighted by atomic mass is 10.3. The highest BCUT2D eigenvalue weighted by atomic mass is 32.2. The third kappa shape index (κ3) is 3.75. The van der Waals surface area contributed by atoms with Crippen molar-refractivity contribution in [1.82, 2.24) is 0 Å².